The number of imidazole rings is 1. The third kappa shape index (κ3) is 2.06. The minimum atomic E-state index is -3.19. The van der Waals surface area contributed by atoms with Crippen LogP contribution in [0, 0.1) is 0 Å². The second-order valence-corrected chi connectivity index (χ2v) is 7.10. The molecule has 2 aliphatic rings. The molecule has 6 nitrogen and oxygen atoms in total. The molecule has 1 atom stereocenters. The molecule has 3 heterocycles. The number of rotatable bonds is 2. The fourth-order valence-electron chi connectivity index (χ4n) is 2.65. The molecule has 0 spiro atoms. The van der Waals surface area contributed by atoms with Crippen molar-refractivity contribution in [3.05, 3.63) is 18.2 Å². The predicted molar refractivity (Wildman–Crippen MR) is 67.4 cm³/mol. The zero-order valence-electron chi connectivity index (χ0n) is 10.2. The van der Waals surface area contributed by atoms with Crippen LogP contribution in [0.2, 0.25) is 0 Å². The Kier molecular flexibility index (Phi) is 3.13. The minimum Gasteiger partial charge on any atom is -0.333 e. The van der Waals surface area contributed by atoms with Crippen molar-refractivity contribution in [3.8, 4) is 0 Å². The highest BCUT2D eigenvalue weighted by Gasteiger charge is 2.35. The van der Waals surface area contributed by atoms with E-state index in [1.165, 1.54) is 0 Å². The van der Waals surface area contributed by atoms with Crippen LogP contribution >= 0.6 is 0 Å². The molecule has 0 amide bonds. The average molecular weight is 270 g/mol. The van der Waals surface area contributed by atoms with Gasteiger partial charge in [-0.3, -0.25) is 0 Å². The molecule has 0 aromatic carbocycles. The molecule has 0 bridgehead atoms. The Morgan fingerprint density at radius 3 is 3.06 bits per heavy atom. The molecular weight excluding hydrogens is 252 g/mol. The van der Waals surface area contributed by atoms with Crippen molar-refractivity contribution < 1.29 is 8.42 Å². The number of nitrogens with one attached hydrogen (secondary N) is 1. The lowest BCUT2D eigenvalue weighted by Gasteiger charge is -2.32. The van der Waals surface area contributed by atoms with E-state index in [0.29, 0.717) is 26.2 Å². The molecule has 2 aliphatic heterocycles. The molecule has 0 aliphatic carbocycles. The van der Waals surface area contributed by atoms with Crippen molar-refractivity contribution in [2.24, 2.45) is 0 Å². The van der Waals surface area contributed by atoms with E-state index in [4.69, 9.17) is 0 Å². The van der Waals surface area contributed by atoms with Crippen LogP contribution in [-0.4, -0.2) is 47.2 Å². The van der Waals surface area contributed by atoms with Gasteiger partial charge in [-0.2, -0.15) is 4.31 Å². The van der Waals surface area contributed by atoms with E-state index >= 15 is 0 Å². The number of nitrogens with zero attached hydrogens (tertiary/aromatic N) is 3. The summed E-state index contributed by atoms with van der Waals surface area (Å²) in [4.78, 5) is 4.21. The van der Waals surface area contributed by atoms with Gasteiger partial charge < -0.3 is 9.88 Å². The van der Waals surface area contributed by atoms with Gasteiger partial charge in [0.1, 0.15) is 5.82 Å². The van der Waals surface area contributed by atoms with Crippen LogP contribution in [0.5, 0.6) is 0 Å². The van der Waals surface area contributed by atoms with E-state index in [-0.39, 0.29) is 5.25 Å². The molecule has 18 heavy (non-hydrogen) atoms. The summed E-state index contributed by atoms with van der Waals surface area (Å²) < 4.78 is 28.7. The van der Waals surface area contributed by atoms with Crippen molar-refractivity contribution in [1.29, 1.82) is 0 Å². The van der Waals surface area contributed by atoms with E-state index in [1.807, 2.05) is 10.8 Å². The molecule has 1 aromatic rings. The summed E-state index contributed by atoms with van der Waals surface area (Å²) in [5, 5.41) is 2.90. The Morgan fingerprint density at radius 2 is 2.28 bits per heavy atom. The first-order chi connectivity index (χ1) is 8.68. The van der Waals surface area contributed by atoms with Gasteiger partial charge in [0.2, 0.25) is 10.0 Å². The third-order valence-corrected chi connectivity index (χ3v) is 6.02. The van der Waals surface area contributed by atoms with Gasteiger partial charge in [0.25, 0.3) is 0 Å². The monoisotopic (exact) mass is 270 g/mol. The molecule has 1 N–H and O–H groups in total. The third-order valence-electron chi connectivity index (χ3n) is 3.74. The number of fused-ring (bicyclic) bond motifs is 1. The van der Waals surface area contributed by atoms with Crippen molar-refractivity contribution in [3.63, 3.8) is 0 Å². The number of piperidine rings is 1. The maximum atomic E-state index is 12.5. The molecule has 3 rings (SSSR count). The normalized spacial score (nSPS) is 25.9. The lowest BCUT2D eigenvalue weighted by atomic mass is 10.2. The van der Waals surface area contributed by atoms with Crippen LogP contribution in [-0.2, 0) is 23.1 Å². The van der Waals surface area contributed by atoms with Crippen LogP contribution in [0.25, 0.3) is 0 Å². The van der Waals surface area contributed by atoms with E-state index in [1.54, 1.807) is 10.5 Å². The lowest BCUT2D eigenvalue weighted by molar-refractivity contribution is 0.326. The first-order valence-corrected chi connectivity index (χ1v) is 7.88. The lowest BCUT2D eigenvalue weighted by Crippen LogP contribution is -2.48. The summed E-state index contributed by atoms with van der Waals surface area (Å²) in [6, 6.07) is 0. The Labute approximate surface area is 107 Å². The van der Waals surface area contributed by atoms with Gasteiger partial charge in [-0.05, 0) is 19.4 Å². The van der Waals surface area contributed by atoms with E-state index in [9.17, 15) is 8.42 Å². The molecular formula is C11H18N4O2S. The smallest absolute Gasteiger partial charge is 0.218 e. The maximum Gasteiger partial charge on any atom is 0.218 e. The molecule has 100 valence electrons. The quantitative estimate of drug-likeness (QED) is 0.807. The Morgan fingerprint density at radius 1 is 1.39 bits per heavy atom. The van der Waals surface area contributed by atoms with Crippen molar-refractivity contribution in [2.75, 3.05) is 19.6 Å². The second kappa shape index (κ2) is 4.64. The largest absolute Gasteiger partial charge is 0.333 e. The van der Waals surface area contributed by atoms with Gasteiger partial charge in [-0.15, -0.1) is 0 Å². The molecule has 1 aromatic heterocycles. The molecule has 0 radical (unpaired) electrons. The van der Waals surface area contributed by atoms with Crippen molar-refractivity contribution in [2.45, 2.75) is 31.2 Å². The summed E-state index contributed by atoms with van der Waals surface area (Å²) in [5.41, 5.74) is 0. The van der Waals surface area contributed by atoms with Crippen LogP contribution in [0.1, 0.15) is 18.7 Å². The Hall–Kier alpha value is -0.920. The van der Waals surface area contributed by atoms with Crippen LogP contribution in [0.15, 0.2) is 12.4 Å². The molecule has 7 heteroatoms. The van der Waals surface area contributed by atoms with Gasteiger partial charge in [0, 0.05) is 32.0 Å². The van der Waals surface area contributed by atoms with Crippen LogP contribution in [0.4, 0.5) is 0 Å². The van der Waals surface area contributed by atoms with Crippen molar-refractivity contribution >= 4 is 10.0 Å². The van der Waals surface area contributed by atoms with Crippen LogP contribution in [0.3, 0.4) is 0 Å². The zero-order chi connectivity index (χ0) is 12.6. The highest BCUT2D eigenvalue weighted by molar-refractivity contribution is 7.89. The van der Waals surface area contributed by atoms with Gasteiger partial charge >= 0.3 is 0 Å². The fraction of sp³-hybridized carbons (Fsp3) is 0.727. The maximum absolute atomic E-state index is 12.5. The predicted octanol–water partition coefficient (Wildman–Crippen LogP) is -0.219. The topological polar surface area (TPSA) is 67.2 Å². The SMILES string of the molecule is O=S(=O)(C1CCCNC1)N1CCn2ccnc2C1. The number of hydrogen-bond donors (Lipinski definition) is 1. The van der Waals surface area contributed by atoms with Gasteiger partial charge in [0.05, 0.1) is 11.8 Å². The molecule has 1 unspecified atom stereocenters. The highest BCUT2D eigenvalue weighted by Crippen LogP contribution is 2.21. The first-order valence-electron chi connectivity index (χ1n) is 6.37. The zero-order valence-corrected chi connectivity index (χ0v) is 11.1. The van der Waals surface area contributed by atoms with Gasteiger partial charge in [-0.1, -0.05) is 0 Å². The highest BCUT2D eigenvalue weighted by atomic mass is 32.2. The first kappa shape index (κ1) is 12.1. The fourth-order valence-corrected chi connectivity index (χ4v) is 4.50. The Bertz CT molecular complexity index is 519. The summed E-state index contributed by atoms with van der Waals surface area (Å²) in [6.45, 7) is 3.17. The Balaban J connectivity index is 1.78. The van der Waals surface area contributed by atoms with Gasteiger partial charge in [-0.25, -0.2) is 13.4 Å². The molecule has 1 fully saturated rings. The van der Waals surface area contributed by atoms with Gasteiger partial charge in [0.15, 0.2) is 0 Å². The number of sulfonamides is 1. The second-order valence-electron chi connectivity index (χ2n) is 4.88. The minimum absolute atomic E-state index is 0.271. The summed E-state index contributed by atoms with van der Waals surface area (Å²) in [6.07, 6.45) is 5.34. The average Bonchev–Trinajstić information content (AvgIpc) is 2.87. The standard InChI is InChI=1S/C11H18N4O2S/c16-18(17,10-2-1-3-12-8-10)15-7-6-14-5-4-13-11(14)9-15/h4-5,10,12H,1-3,6-9H2. The summed E-state index contributed by atoms with van der Waals surface area (Å²) in [5.74, 6) is 0.841. The van der Waals surface area contributed by atoms with Crippen molar-refractivity contribution in [1.82, 2.24) is 19.2 Å². The summed E-state index contributed by atoms with van der Waals surface area (Å²) >= 11 is 0. The van der Waals surface area contributed by atoms with E-state index in [0.717, 1.165) is 25.2 Å². The van der Waals surface area contributed by atoms with E-state index < -0.39 is 10.0 Å². The number of hydrogen-bond acceptors (Lipinski definition) is 4. The van der Waals surface area contributed by atoms with Crippen LogP contribution < -0.4 is 5.32 Å². The molecule has 1 saturated heterocycles. The number of aromatic nitrogens is 2. The summed E-state index contributed by atoms with van der Waals surface area (Å²) in [7, 11) is -3.19. The molecule has 0 saturated carbocycles. The van der Waals surface area contributed by atoms with E-state index in [2.05, 4.69) is 10.3 Å².